The Hall–Kier alpha value is -4.07. The Bertz CT molecular complexity index is 1160. The SMILES string of the molecule is CCOc1ccc(NC(=O)c2ccnc(N3CCC(C(=O)Nc4ccc(OCC)cc4)CC3)c2)cc1. The topological polar surface area (TPSA) is 92.8 Å². The number of nitrogens with zero attached hydrogens (tertiary/aromatic N) is 2. The number of carbonyl (C=O) groups is 2. The van der Waals surface area contributed by atoms with Crippen LogP contribution in [0.15, 0.2) is 66.9 Å². The van der Waals surface area contributed by atoms with Crippen LogP contribution in [-0.4, -0.2) is 43.1 Å². The van der Waals surface area contributed by atoms with Crippen LogP contribution in [0.25, 0.3) is 0 Å². The minimum atomic E-state index is -0.201. The van der Waals surface area contributed by atoms with E-state index in [1.165, 1.54) is 0 Å². The number of aromatic nitrogens is 1. The average molecular weight is 489 g/mol. The van der Waals surface area contributed by atoms with Crippen molar-refractivity contribution in [2.45, 2.75) is 26.7 Å². The van der Waals surface area contributed by atoms with Crippen LogP contribution in [0.2, 0.25) is 0 Å². The third-order valence-electron chi connectivity index (χ3n) is 6.05. The predicted octanol–water partition coefficient (Wildman–Crippen LogP) is 4.99. The molecule has 1 aromatic heterocycles. The van der Waals surface area contributed by atoms with Crippen LogP contribution in [0.3, 0.4) is 0 Å². The summed E-state index contributed by atoms with van der Waals surface area (Å²) in [5.74, 6) is 2.03. The monoisotopic (exact) mass is 488 g/mol. The average Bonchev–Trinajstić information content (AvgIpc) is 2.91. The molecule has 0 atom stereocenters. The first-order valence-electron chi connectivity index (χ1n) is 12.3. The van der Waals surface area contributed by atoms with E-state index >= 15 is 0 Å². The predicted molar refractivity (Wildman–Crippen MR) is 141 cm³/mol. The third kappa shape index (κ3) is 6.53. The van der Waals surface area contributed by atoms with E-state index in [0.717, 1.165) is 23.0 Å². The van der Waals surface area contributed by atoms with Gasteiger partial charge in [-0.05, 0) is 87.4 Å². The second kappa shape index (κ2) is 12.1. The zero-order chi connectivity index (χ0) is 25.3. The number of rotatable bonds is 9. The third-order valence-corrected chi connectivity index (χ3v) is 6.05. The summed E-state index contributed by atoms with van der Waals surface area (Å²) in [5, 5.41) is 5.92. The summed E-state index contributed by atoms with van der Waals surface area (Å²) in [7, 11) is 0. The highest BCUT2D eigenvalue weighted by molar-refractivity contribution is 6.04. The molecule has 1 aliphatic heterocycles. The Labute approximate surface area is 211 Å². The number of pyridine rings is 1. The van der Waals surface area contributed by atoms with E-state index in [-0.39, 0.29) is 17.7 Å². The van der Waals surface area contributed by atoms with Crippen LogP contribution in [-0.2, 0) is 4.79 Å². The van der Waals surface area contributed by atoms with Gasteiger partial charge in [0.2, 0.25) is 5.91 Å². The van der Waals surface area contributed by atoms with Gasteiger partial charge in [0.15, 0.2) is 0 Å². The van der Waals surface area contributed by atoms with Crippen LogP contribution in [0.5, 0.6) is 11.5 Å². The zero-order valence-corrected chi connectivity index (χ0v) is 20.7. The number of carbonyl (C=O) groups excluding carboxylic acids is 2. The van der Waals surface area contributed by atoms with Crippen LogP contribution in [0, 0.1) is 5.92 Å². The molecule has 0 spiro atoms. The van der Waals surface area contributed by atoms with Gasteiger partial charge in [-0.1, -0.05) is 0 Å². The van der Waals surface area contributed by atoms with Gasteiger partial charge < -0.3 is 25.0 Å². The first-order chi connectivity index (χ1) is 17.6. The van der Waals surface area contributed by atoms with Gasteiger partial charge in [-0.3, -0.25) is 9.59 Å². The van der Waals surface area contributed by atoms with E-state index in [1.54, 1.807) is 18.3 Å². The molecule has 0 unspecified atom stereocenters. The fraction of sp³-hybridized carbons (Fsp3) is 0.321. The summed E-state index contributed by atoms with van der Waals surface area (Å²) in [4.78, 5) is 32.1. The van der Waals surface area contributed by atoms with Gasteiger partial charge in [-0.25, -0.2) is 4.98 Å². The molecule has 2 aromatic carbocycles. The highest BCUT2D eigenvalue weighted by Crippen LogP contribution is 2.25. The maximum Gasteiger partial charge on any atom is 0.255 e. The molecule has 3 aromatic rings. The van der Waals surface area contributed by atoms with Gasteiger partial charge in [0, 0.05) is 42.1 Å². The number of piperidine rings is 1. The van der Waals surface area contributed by atoms with Crippen LogP contribution in [0.1, 0.15) is 37.0 Å². The molecule has 188 valence electrons. The highest BCUT2D eigenvalue weighted by atomic mass is 16.5. The van der Waals surface area contributed by atoms with Crippen molar-refractivity contribution in [1.29, 1.82) is 0 Å². The maximum atomic E-state index is 12.8. The Morgan fingerprint density at radius 3 is 1.97 bits per heavy atom. The first-order valence-corrected chi connectivity index (χ1v) is 12.3. The van der Waals surface area contributed by atoms with Crippen molar-refractivity contribution in [1.82, 2.24) is 4.98 Å². The van der Waals surface area contributed by atoms with Crippen molar-refractivity contribution in [2.24, 2.45) is 5.92 Å². The molecular formula is C28H32N4O4. The van der Waals surface area contributed by atoms with Crippen molar-refractivity contribution in [3.05, 3.63) is 72.4 Å². The number of benzene rings is 2. The molecule has 1 saturated heterocycles. The second-order valence-electron chi connectivity index (χ2n) is 8.52. The lowest BCUT2D eigenvalue weighted by Crippen LogP contribution is -2.38. The molecule has 1 aliphatic rings. The van der Waals surface area contributed by atoms with Crippen molar-refractivity contribution in [3.63, 3.8) is 0 Å². The van der Waals surface area contributed by atoms with Gasteiger partial charge in [-0.15, -0.1) is 0 Å². The van der Waals surface area contributed by atoms with Gasteiger partial charge in [0.05, 0.1) is 13.2 Å². The molecule has 0 bridgehead atoms. The Morgan fingerprint density at radius 2 is 1.42 bits per heavy atom. The van der Waals surface area contributed by atoms with Crippen LogP contribution < -0.4 is 25.0 Å². The van der Waals surface area contributed by atoms with E-state index in [2.05, 4.69) is 20.5 Å². The maximum absolute atomic E-state index is 12.8. The molecule has 2 N–H and O–H groups in total. The Balaban J connectivity index is 1.30. The molecule has 1 fully saturated rings. The summed E-state index contributed by atoms with van der Waals surface area (Å²) in [6.45, 7) is 6.45. The molecule has 0 saturated carbocycles. The summed E-state index contributed by atoms with van der Waals surface area (Å²) < 4.78 is 10.9. The lowest BCUT2D eigenvalue weighted by molar-refractivity contribution is -0.120. The fourth-order valence-corrected chi connectivity index (χ4v) is 4.15. The standard InChI is InChI=1S/C28H32N4O4/c1-3-35-24-9-5-22(6-10-24)30-27(33)20-14-17-32(18-15-20)26-19-21(13-16-29-26)28(34)31-23-7-11-25(12-8-23)36-4-2/h5-13,16,19-20H,3-4,14-15,17-18H2,1-2H3,(H,30,33)(H,31,34). The molecule has 0 radical (unpaired) electrons. The summed E-state index contributed by atoms with van der Waals surface area (Å²) in [5.41, 5.74) is 1.99. The molecular weight excluding hydrogens is 456 g/mol. The molecule has 0 aliphatic carbocycles. The smallest absolute Gasteiger partial charge is 0.255 e. The van der Waals surface area contributed by atoms with Crippen molar-refractivity contribution < 1.29 is 19.1 Å². The van der Waals surface area contributed by atoms with Gasteiger partial charge in [0.1, 0.15) is 17.3 Å². The van der Waals surface area contributed by atoms with E-state index < -0.39 is 0 Å². The molecule has 8 heteroatoms. The number of amides is 2. The lowest BCUT2D eigenvalue weighted by Gasteiger charge is -2.32. The van der Waals surface area contributed by atoms with Gasteiger partial charge in [0.25, 0.3) is 5.91 Å². The molecule has 2 amide bonds. The van der Waals surface area contributed by atoms with Crippen molar-refractivity contribution in [3.8, 4) is 11.5 Å². The number of anilines is 3. The fourth-order valence-electron chi connectivity index (χ4n) is 4.15. The Morgan fingerprint density at radius 1 is 0.861 bits per heavy atom. The van der Waals surface area contributed by atoms with Crippen molar-refractivity contribution in [2.75, 3.05) is 41.8 Å². The Kier molecular flexibility index (Phi) is 8.39. The molecule has 4 rings (SSSR count). The molecule has 2 heterocycles. The number of ether oxygens (including phenoxy) is 2. The highest BCUT2D eigenvalue weighted by Gasteiger charge is 2.26. The zero-order valence-electron chi connectivity index (χ0n) is 20.7. The second-order valence-corrected chi connectivity index (χ2v) is 8.52. The number of hydrogen-bond acceptors (Lipinski definition) is 6. The molecule has 8 nitrogen and oxygen atoms in total. The lowest BCUT2D eigenvalue weighted by atomic mass is 9.95. The van der Waals surface area contributed by atoms with Crippen LogP contribution in [0.4, 0.5) is 17.2 Å². The van der Waals surface area contributed by atoms with E-state index in [9.17, 15) is 9.59 Å². The van der Waals surface area contributed by atoms with E-state index in [4.69, 9.17) is 9.47 Å². The van der Waals surface area contributed by atoms with E-state index in [1.807, 2.05) is 62.4 Å². The summed E-state index contributed by atoms with van der Waals surface area (Å²) >= 11 is 0. The minimum absolute atomic E-state index is 0.0234. The van der Waals surface area contributed by atoms with Gasteiger partial charge in [-0.2, -0.15) is 0 Å². The number of hydrogen-bond donors (Lipinski definition) is 2. The quantitative estimate of drug-likeness (QED) is 0.441. The van der Waals surface area contributed by atoms with Gasteiger partial charge >= 0.3 is 0 Å². The largest absolute Gasteiger partial charge is 0.494 e. The normalized spacial score (nSPS) is 13.7. The first kappa shape index (κ1) is 25.0. The molecule has 36 heavy (non-hydrogen) atoms. The summed E-state index contributed by atoms with van der Waals surface area (Å²) in [6.07, 6.45) is 3.08. The van der Waals surface area contributed by atoms with E-state index in [0.29, 0.717) is 50.4 Å². The van der Waals surface area contributed by atoms with Crippen molar-refractivity contribution >= 4 is 29.0 Å². The summed E-state index contributed by atoms with van der Waals surface area (Å²) in [6, 6.07) is 18.2. The number of nitrogens with one attached hydrogen (secondary N) is 2. The minimum Gasteiger partial charge on any atom is -0.494 e. The van der Waals surface area contributed by atoms with Crippen LogP contribution >= 0.6 is 0 Å².